The standard InChI is InChI=1S/C26H20ClNO7S/c27-18-3-1-2-16(13-18)23(29)17-6-9-21-22(14-17)36-26(34)28(21)10-11-35-19-7-4-15(5-8-19)12-20(24(30)31)25(32)33/h1-9,13-14,20H,10-12H2,(H,30,31)(H,32,33). The van der Waals surface area contributed by atoms with Crippen molar-refractivity contribution in [1.29, 1.82) is 0 Å². The van der Waals surface area contributed by atoms with E-state index < -0.39 is 17.9 Å². The maximum atomic E-state index is 12.8. The topological polar surface area (TPSA) is 123 Å². The monoisotopic (exact) mass is 525 g/mol. The van der Waals surface area contributed by atoms with Crippen molar-refractivity contribution in [2.45, 2.75) is 13.0 Å². The zero-order valence-corrected chi connectivity index (χ0v) is 20.3. The summed E-state index contributed by atoms with van der Waals surface area (Å²) >= 11 is 7.03. The number of hydrogen-bond acceptors (Lipinski definition) is 6. The van der Waals surface area contributed by atoms with Crippen molar-refractivity contribution >= 4 is 50.9 Å². The molecule has 0 saturated heterocycles. The van der Waals surface area contributed by atoms with Gasteiger partial charge in [0.25, 0.3) is 0 Å². The van der Waals surface area contributed by atoms with Gasteiger partial charge in [0.15, 0.2) is 11.7 Å². The Morgan fingerprint density at radius 2 is 1.64 bits per heavy atom. The molecule has 4 aromatic rings. The van der Waals surface area contributed by atoms with E-state index in [-0.39, 0.29) is 30.2 Å². The molecule has 1 heterocycles. The smallest absolute Gasteiger partial charge is 0.318 e. The summed E-state index contributed by atoms with van der Waals surface area (Å²) in [4.78, 5) is 47.3. The van der Waals surface area contributed by atoms with Gasteiger partial charge in [-0.2, -0.15) is 0 Å². The van der Waals surface area contributed by atoms with Gasteiger partial charge in [0, 0.05) is 16.1 Å². The summed E-state index contributed by atoms with van der Waals surface area (Å²) in [7, 11) is 0. The molecule has 4 rings (SSSR count). The Morgan fingerprint density at radius 1 is 0.944 bits per heavy atom. The number of carboxylic acid groups (broad SMARTS) is 2. The van der Waals surface area contributed by atoms with Crippen LogP contribution < -0.4 is 9.61 Å². The van der Waals surface area contributed by atoms with Crippen molar-refractivity contribution in [2.75, 3.05) is 6.61 Å². The lowest BCUT2D eigenvalue weighted by Crippen LogP contribution is -2.25. The molecule has 0 aliphatic rings. The number of aliphatic carboxylic acids is 2. The zero-order chi connectivity index (χ0) is 25.8. The molecule has 0 aliphatic heterocycles. The van der Waals surface area contributed by atoms with E-state index in [4.69, 9.17) is 26.6 Å². The van der Waals surface area contributed by atoms with E-state index in [2.05, 4.69) is 0 Å². The summed E-state index contributed by atoms with van der Waals surface area (Å²) < 4.78 is 7.97. The highest BCUT2D eigenvalue weighted by Gasteiger charge is 2.25. The van der Waals surface area contributed by atoms with Gasteiger partial charge in [0.1, 0.15) is 12.4 Å². The minimum Gasteiger partial charge on any atom is -0.492 e. The molecule has 0 aliphatic carbocycles. The Kier molecular flexibility index (Phi) is 7.52. The van der Waals surface area contributed by atoms with Gasteiger partial charge in [0.05, 0.1) is 16.8 Å². The largest absolute Gasteiger partial charge is 0.492 e. The number of hydrogen-bond donors (Lipinski definition) is 2. The van der Waals surface area contributed by atoms with E-state index >= 15 is 0 Å². The molecule has 0 spiro atoms. The maximum absolute atomic E-state index is 12.8. The fraction of sp³-hybridized carbons (Fsp3) is 0.154. The second-order valence-electron chi connectivity index (χ2n) is 7.97. The van der Waals surface area contributed by atoms with Gasteiger partial charge in [-0.25, -0.2) is 0 Å². The number of ketones is 1. The molecule has 0 saturated carbocycles. The lowest BCUT2D eigenvalue weighted by molar-refractivity contribution is -0.154. The molecule has 0 bridgehead atoms. The van der Waals surface area contributed by atoms with Crippen molar-refractivity contribution in [3.05, 3.63) is 98.1 Å². The average molecular weight is 526 g/mol. The van der Waals surface area contributed by atoms with Gasteiger partial charge in [-0.1, -0.05) is 47.2 Å². The normalized spacial score (nSPS) is 11.1. The molecule has 0 atom stereocenters. The lowest BCUT2D eigenvalue weighted by atomic mass is 10.00. The first kappa shape index (κ1) is 25.2. The van der Waals surface area contributed by atoms with Gasteiger partial charge in [-0.05, 0) is 54.4 Å². The van der Waals surface area contributed by atoms with Gasteiger partial charge in [0.2, 0.25) is 0 Å². The van der Waals surface area contributed by atoms with Crippen molar-refractivity contribution in [3.8, 4) is 5.75 Å². The van der Waals surface area contributed by atoms with Crippen LogP contribution in [-0.4, -0.2) is 39.1 Å². The number of ether oxygens (including phenoxy) is 1. The number of carbonyl (C=O) groups is 3. The molecule has 3 aromatic carbocycles. The first-order valence-corrected chi connectivity index (χ1v) is 12.0. The summed E-state index contributed by atoms with van der Waals surface area (Å²) in [6.07, 6.45) is -0.136. The predicted molar refractivity (Wildman–Crippen MR) is 135 cm³/mol. The van der Waals surface area contributed by atoms with Crippen LogP contribution in [0.2, 0.25) is 5.02 Å². The Hall–Kier alpha value is -3.95. The molecule has 8 nitrogen and oxygen atoms in total. The molecular formula is C26H20ClNO7S. The van der Waals surface area contributed by atoms with Crippen LogP contribution in [0.25, 0.3) is 10.2 Å². The number of aromatic nitrogens is 1. The molecule has 0 unspecified atom stereocenters. The summed E-state index contributed by atoms with van der Waals surface area (Å²) in [5.41, 5.74) is 2.18. The van der Waals surface area contributed by atoms with Crippen molar-refractivity contribution in [1.82, 2.24) is 4.57 Å². The Labute approximate surface area is 214 Å². The Balaban J connectivity index is 1.42. The molecule has 1 aromatic heterocycles. The number of carbonyl (C=O) groups excluding carboxylic acids is 1. The van der Waals surface area contributed by atoms with Crippen LogP contribution in [-0.2, 0) is 22.6 Å². The SMILES string of the molecule is O=C(c1cccc(Cl)c1)c1ccc2c(c1)sc(=O)n2CCOc1ccc(CC(C(=O)O)C(=O)O)cc1. The summed E-state index contributed by atoms with van der Waals surface area (Å²) in [6, 6.07) is 18.3. The molecule has 36 heavy (non-hydrogen) atoms. The minimum absolute atomic E-state index is 0.136. The molecule has 0 amide bonds. The average Bonchev–Trinajstić information content (AvgIpc) is 3.16. The van der Waals surface area contributed by atoms with Gasteiger partial charge < -0.3 is 14.9 Å². The van der Waals surface area contributed by atoms with Crippen molar-refractivity contribution in [2.24, 2.45) is 5.92 Å². The number of thiazole rings is 1. The number of benzene rings is 3. The van der Waals surface area contributed by atoms with E-state index in [1.807, 2.05) is 0 Å². The molecule has 0 fully saturated rings. The minimum atomic E-state index is -1.52. The van der Waals surface area contributed by atoms with Crippen LogP contribution in [0.1, 0.15) is 21.5 Å². The zero-order valence-electron chi connectivity index (χ0n) is 18.7. The Morgan fingerprint density at radius 3 is 2.31 bits per heavy atom. The van der Waals surface area contributed by atoms with E-state index in [0.717, 1.165) is 11.3 Å². The van der Waals surface area contributed by atoms with Crippen molar-refractivity contribution < 1.29 is 29.3 Å². The van der Waals surface area contributed by atoms with Crippen LogP contribution in [0.3, 0.4) is 0 Å². The molecular weight excluding hydrogens is 506 g/mol. The van der Waals surface area contributed by atoms with Gasteiger partial charge >= 0.3 is 16.8 Å². The highest BCUT2D eigenvalue weighted by atomic mass is 35.5. The van der Waals surface area contributed by atoms with Crippen LogP contribution in [0.4, 0.5) is 0 Å². The summed E-state index contributed by atoms with van der Waals surface area (Å²) in [5.74, 6) is -3.98. The third-order valence-electron chi connectivity index (χ3n) is 5.56. The summed E-state index contributed by atoms with van der Waals surface area (Å²) in [6.45, 7) is 0.476. The van der Waals surface area contributed by atoms with E-state index in [1.54, 1.807) is 71.3 Å². The number of rotatable bonds is 10. The highest BCUT2D eigenvalue weighted by Crippen LogP contribution is 2.22. The fourth-order valence-electron chi connectivity index (χ4n) is 3.71. The van der Waals surface area contributed by atoms with Crippen LogP contribution in [0.5, 0.6) is 5.75 Å². The molecule has 0 radical (unpaired) electrons. The number of carboxylic acids is 2. The second kappa shape index (κ2) is 10.8. The van der Waals surface area contributed by atoms with E-state index in [9.17, 15) is 19.2 Å². The lowest BCUT2D eigenvalue weighted by Gasteiger charge is -2.10. The molecule has 2 N–H and O–H groups in total. The molecule has 184 valence electrons. The quantitative estimate of drug-likeness (QED) is 0.233. The van der Waals surface area contributed by atoms with Crippen LogP contribution in [0, 0.1) is 5.92 Å². The first-order chi connectivity index (χ1) is 17.2. The third kappa shape index (κ3) is 5.64. The Bertz CT molecular complexity index is 1490. The van der Waals surface area contributed by atoms with E-state index in [0.29, 0.717) is 37.7 Å². The fourth-order valence-corrected chi connectivity index (χ4v) is 4.86. The number of fused-ring (bicyclic) bond motifs is 1. The third-order valence-corrected chi connectivity index (χ3v) is 6.74. The first-order valence-electron chi connectivity index (χ1n) is 10.8. The van der Waals surface area contributed by atoms with Gasteiger partial charge in [-0.3, -0.25) is 23.7 Å². The van der Waals surface area contributed by atoms with Gasteiger partial charge in [-0.15, -0.1) is 0 Å². The maximum Gasteiger partial charge on any atom is 0.318 e. The highest BCUT2D eigenvalue weighted by molar-refractivity contribution is 7.16. The number of nitrogens with zero attached hydrogens (tertiary/aromatic N) is 1. The van der Waals surface area contributed by atoms with Crippen molar-refractivity contribution in [3.63, 3.8) is 0 Å². The van der Waals surface area contributed by atoms with E-state index in [1.165, 1.54) is 0 Å². The van der Waals surface area contributed by atoms with Crippen LogP contribution >= 0.6 is 22.9 Å². The number of halogens is 1. The summed E-state index contributed by atoms with van der Waals surface area (Å²) in [5, 5.41) is 18.5. The van der Waals surface area contributed by atoms with Crippen LogP contribution in [0.15, 0.2) is 71.5 Å². The molecule has 10 heteroatoms. The predicted octanol–water partition coefficient (Wildman–Crippen LogP) is 4.35. The second-order valence-corrected chi connectivity index (χ2v) is 9.40.